The number of aliphatic hydroxyl groups is 1. The molecule has 0 aromatic rings. The molecule has 0 bridgehead atoms. The minimum absolute atomic E-state index is 0.183. The number of amides is 1. The monoisotopic (exact) mass is 254 g/mol. The Morgan fingerprint density at radius 3 is 2.47 bits per heavy atom. The molecule has 2 atom stereocenters. The van der Waals surface area contributed by atoms with E-state index in [0.29, 0.717) is 6.42 Å². The molecule has 100 valence electrons. The van der Waals surface area contributed by atoms with E-state index in [1.165, 1.54) is 0 Å². The number of hydrogen-bond acceptors (Lipinski definition) is 3. The maximum absolute atomic E-state index is 11.8. The van der Waals surface area contributed by atoms with Crippen LogP contribution in [-0.4, -0.2) is 42.4 Å². The highest BCUT2D eigenvalue weighted by molar-refractivity contribution is 5.78. The standard InChI is InChI=1S/C10H17F3N2O2/c1-9(2)6(3-7(9)16)15-8(17)4-14-5-10(11,12)13/h6-7,14,16H,3-5H2,1-2H3,(H,15,17). The summed E-state index contributed by atoms with van der Waals surface area (Å²) in [4.78, 5) is 11.3. The van der Waals surface area contributed by atoms with Crippen molar-refractivity contribution in [1.29, 1.82) is 0 Å². The predicted octanol–water partition coefficient (Wildman–Crippen LogP) is 0.414. The molecule has 1 fully saturated rings. The Morgan fingerprint density at radius 2 is 2.06 bits per heavy atom. The average Bonchev–Trinajstić information content (AvgIpc) is 2.15. The number of halogens is 3. The molecule has 1 rings (SSSR count). The first-order chi connectivity index (χ1) is 7.63. The van der Waals surface area contributed by atoms with Gasteiger partial charge in [0.05, 0.1) is 19.2 Å². The van der Waals surface area contributed by atoms with Crippen LogP contribution in [0.15, 0.2) is 0 Å². The number of nitrogens with one attached hydrogen (secondary N) is 2. The topological polar surface area (TPSA) is 61.4 Å². The SMILES string of the molecule is CC1(C)C(O)CC1NC(=O)CNCC(F)(F)F. The fraction of sp³-hybridized carbons (Fsp3) is 0.900. The summed E-state index contributed by atoms with van der Waals surface area (Å²) in [5.74, 6) is -0.487. The quantitative estimate of drug-likeness (QED) is 0.681. The third kappa shape index (κ3) is 3.85. The lowest BCUT2D eigenvalue weighted by Gasteiger charge is -2.49. The zero-order valence-corrected chi connectivity index (χ0v) is 9.77. The zero-order valence-electron chi connectivity index (χ0n) is 9.77. The lowest BCUT2D eigenvalue weighted by Crippen LogP contribution is -2.62. The van der Waals surface area contributed by atoms with Gasteiger partial charge in [-0.25, -0.2) is 0 Å². The summed E-state index contributed by atoms with van der Waals surface area (Å²) in [6.45, 7) is 2.05. The molecule has 3 N–H and O–H groups in total. The molecule has 0 spiro atoms. The normalized spacial score (nSPS) is 27.4. The highest BCUT2D eigenvalue weighted by Crippen LogP contribution is 2.40. The zero-order chi connectivity index (χ0) is 13.3. The maximum Gasteiger partial charge on any atom is 0.401 e. The van der Waals surface area contributed by atoms with Crippen molar-refractivity contribution in [2.45, 2.75) is 38.6 Å². The van der Waals surface area contributed by atoms with Crippen LogP contribution >= 0.6 is 0 Å². The fourth-order valence-corrected chi connectivity index (χ4v) is 1.71. The summed E-state index contributed by atoms with van der Waals surface area (Å²) >= 11 is 0. The van der Waals surface area contributed by atoms with Gasteiger partial charge >= 0.3 is 6.18 Å². The molecule has 0 aromatic carbocycles. The van der Waals surface area contributed by atoms with E-state index < -0.39 is 30.1 Å². The average molecular weight is 254 g/mol. The van der Waals surface area contributed by atoms with Crippen LogP contribution in [0.4, 0.5) is 13.2 Å². The summed E-state index contributed by atoms with van der Waals surface area (Å²) in [7, 11) is 0. The number of aliphatic hydroxyl groups excluding tert-OH is 1. The van der Waals surface area contributed by atoms with Crippen molar-refractivity contribution in [3.8, 4) is 0 Å². The number of carbonyl (C=O) groups is 1. The Hall–Kier alpha value is -0.820. The number of alkyl halides is 3. The van der Waals surface area contributed by atoms with Crippen molar-refractivity contribution < 1.29 is 23.1 Å². The van der Waals surface area contributed by atoms with Crippen LogP contribution < -0.4 is 10.6 Å². The lowest BCUT2D eigenvalue weighted by atomic mass is 9.64. The van der Waals surface area contributed by atoms with Crippen LogP contribution in [0, 0.1) is 5.41 Å². The third-order valence-electron chi connectivity index (χ3n) is 3.16. The molecule has 0 radical (unpaired) electrons. The second-order valence-electron chi connectivity index (χ2n) is 4.91. The lowest BCUT2D eigenvalue weighted by molar-refractivity contribution is -0.132. The summed E-state index contributed by atoms with van der Waals surface area (Å²) in [5.41, 5.74) is -0.417. The van der Waals surface area contributed by atoms with Crippen LogP contribution in [0.25, 0.3) is 0 Å². The van der Waals surface area contributed by atoms with E-state index in [4.69, 9.17) is 0 Å². The number of hydrogen-bond donors (Lipinski definition) is 3. The molecule has 2 unspecified atom stereocenters. The minimum atomic E-state index is -4.31. The van der Waals surface area contributed by atoms with Crippen LogP contribution in [-0.2, 0) is 4.79 Å². The van der Waals surface area contributed by atoms with Gasteiger partial charge in [-0.05, 0) is 6.42 Å². The second-order valence-corrected chi connectivity index (χ2v) is 4.91. The molecule has 17 heavy (non-hydrogen) atoms. The maximum atomic E-state index is 11.8. The summed E-state index contributed by atoms with van der Waals surface area (Å²) in [6, 6.07) is -0.183. The van der Waals surface area contributed by atoms with Crippen molar-refractivity contribution >= 4 is 5.91 Å². The van der Waals surface area contributed by atoms with Crippen molar-refractivity contribution in [1.82, 2.24) is 10.6 Å². The van der Waals surface area contributed by atoms with Crippen molar-refractivity contribution in [2.75, 3.05) is 13.1 Å². The molecule has 0 aliphatic heterocycles. The molecule has 0 heterocycles. The molecule has 1 aliphatic rings. The number of carbonyl (C=O) groups excluding carboxylic acids is 1. The van der Waals surface area contributed by atoms with Gasteiger partial charge in [0.1, 0.15) is 0 Å². The summed E-state index contributed by atoms with van der Waals surface area (Å²) in [6.07, 6.45) is -4.35. The van der Waals surface area contributed by atoms with Gasteiger partial charge in [-0.1, -0.05) is 13.8 Å². The molecule has 0 saturated heterocycles. The van der Waals surface area contributed by atoms with Crippen LogP contribution in [0.2, 0.25) is 0 Å². The van der Waals surface area contributed by atoms with Gasteiger partial charge in [0.15, 0.2) is 0 Å². The summed E-state index contributed by atoms with van der Waals surface area (Å²) in [5, 5.41) is 14.0. The third-order valence-corrected chi connectivity index (χ3v) is 3.16. The number of rotatable bonds is 4. The van der Waals surface area contributed by atoms with Gasteiger partial charge in [-0.15, -0.1) is 0 Å². The highest BCUT2D eigenvalue weighted by atomic mass is 19.4. The van der Waals surface area contributed by atoms with Gasteiger partial charge in [0.25, 0.3) is 0 Å². The Kier molecular flexibility index (Phi) is 4.03. The van der Waals surface area contributed by atoms with E-state index in [-0.39, 0.29) is 12.6 Å². The highest BCUT2D eigenvalue weighted by Gasteiger charge is 2.47. The molecule has 0 aromatic heterocycles. The minimum Gasteiger partial charge on any atom is -0.392 e. The van der Waals surface area contributed by atoms with E-state index in [9.17, 15) is 23.1 Å². The largest absolute Gasteiger partial charge is 0.401 e. The van der Waals surface area contributed by atoms with Gasteiger partial charge in [-0.2, -0.15) is 13.2 Å². The van der Waals surface area contributed by atoms with Crippen LogP contribution in [0.5, 0.6) is 0 Å². The van der Waals surface area contributed by atoms with E-state index in [1.54, 1.807) is 13.8 Å². The smallest absolute Gasteiger partial charge is 0.392 e. The van der Waals surface area contributed by atoms with E-state index in [2.05, 4.69) is 5.32 Å². The van der Waals surface area contributed by atoms with Crippen LogP contribution in [0.3, 0.4) is 0 Å². The van der Waals surface area contributed by atoms with Crippen molar-refractivity contribution in [3.63, 3.8) is 0 Å². The molecular formula is C10H17F3N2O2. The first kappa shape index (κ1) is 14.2. The van der Waals surface area contributed by atoms with Gasteiger partial charge in [0.2, 0.25) is 5.91 Å². The van der Waals surface area contributed by atoms with E-state index in [1.807, 2.05) is 5.32 Å². The van der Waals surface area contributed by atoms with Crippen LogP contribution in [0.1, 0.15) is 20.3 Å². The molecule has 7 heteroatoms. The fourth-order valence-electron chi connectivity index (χ4n) is 1.71. The first-order valence-corrected chi connectivity index (χ1v) is 5.38. The van der Waals surface area contributed by atoms with Gasteiger partial charge in [-0.3, -0.25) is 4.79 Å². The van der Waals surface area contributed by atoms with E-state index >= 15 is 0 Å². The second kappa shape index (κ2) is 4.81. The predicted molar refractivity (Wildman–Crippen MR) is 55.3 cm³/mol. The Balaban J connectivity index is 2.23. The summed E-state index contributed by atoms with van der Waals surface area (Å²) < 4.78 is 35.4. The molecule has 4 nitrogen and oxygen atoms in total. The van der Waals surface area contributed by atoms with Gasteiger partial charge in [0, 0.05) is 11.5 Å². The first-order valence-electron chi connectivity index (χ1n) is 5.38. The molecule has 1 saturated carbocycles. The molecule has 1 amide bonds. The Morgan fingerprint density at radius 1 is 1.47 bits per heavy atom. The Labute approximate surface area is 97.6 Å². The van der Waals surface area contributed by atoms with Crippen molar-refractivity contribution in [3.05, 3.63) is 0 Å². The molecular weight excluding hydrogens is 237 g/mol. The van der Waals surface area contributed by atoms with Crippen molar-refractivity contribution in [2.24, 2.45) is 5.41 Å². The van der Waals surface area contributed by atoms with Gasteiger partial charge < -0.3 is 15.7 Å². The van der Waals surface area contributed by atoms with E-state index in [0.717, 1.165) is 0 Å². The Bertz CT molecular complexity index is 292. The molecule has 1 aliphatic carbocycles.